The number of nitrogens with zero attached hydrogens (tertiary/aromatic N) is 4. The Balaban J connectivity index is 0.938. The van der Waals surface area contributed by atoms with Crippen LogP contribution in [0.4, 0.5) is 0 Å². The number of fused-ring (bicyclic) bond motifs is 2. The lowest BCUT2D eigenvalue weighted by Crippen LogP contribution is -2.40. The SMILES string of the molecule is Cc1cc2c(cc1CC1CC(COCc3nc4ccccc4n3Cc3ccc(Cl)cc3)CCN1)nc(CCC1CCCN1)n2Cc1ccc(Cl)cc1. The predicted octanol–water partition coefficient (Wildman–Crippen LogP) is 8.91. The molecule has 0 amide bonds. The van der Waals surface area contributed by atoms with E-state index < -0.39 is 0 Å². The standard InChI is InChI=1S/C43H48Cl2N6O/c1-29-21-41-39(49-42(17-16-36-5-4-19-46-36)51(41)26-31-10-14-35(45)15-11-31)24-33(29)23-37-22-32(18-20-47-37)27-52-28-43-48-38-6-2-3-7-40(38)50(43)25-30-8-12-34(44)13-9-30/h2-3,6-15,21,24,32,36-37,46-47H,4-5,16-20,22-23,25-28H2,1H3. The predicted molar refractivity (Wildman–Crippen MR) is 213 cm³/mol. The first kappa shape index (κ1) is 35.3. The van der Waals surface area contributed by atoms with Gasteiger partial charge in [-0.1, -0.05) is 59.6 Å². The number of nitrogens with one attached hydrogen (secondary N) is 2. The van der Waals surface area contributed by atoms with E-state index >= 15 is 0 Å². The smallest absolute Gasteiger partial charge is 0.136 e. The lowest BCUT2D eigenvalue weighted by molar-refractivity contribution is 0.0647. The molecule has 3 unspecified atom stereocenters. The number of ether oxygens (including phenoxy) is 1. The van der Waals surface area contributed by atoms with Crippen molar-refractivity contribution in [3.8, 4) is 0 Å². The minimum atomic E-state index is 0.400. The summed E-state index contributed by atoms with van der Waals surface area (Å²) in [5, 5.41) is 9.00. The van der Waals surface area contributed by atoms with Crippen LogP contribution in [0, 0.1) is 12.8 Å². The Kier molecular flexibility index (Phi) is 10.9. The van der Waals surface area contributed by atoms with Crippen molar-refractivity contribution in [2.24, 2.45) is 5.92 Å². The van der Waals surface area contributed by atoms with Crippen LogP contribution in [0.5, 0.6) is 0 Å². The van der Waals surface area contributed by atoms with Gasteiger partial charge in [-0.3, -0.25) is 0 Å². The van der Waals surface area contributed by atoms with Crippen LogP contribution in [-0.4, -0.2) is 50.9 Å². The van der Waals surface area contributed by atoms with Gasteiger partial charge in [0.05, 0.1) is 28.7 Å². The van der Waals surface area contributed by atoms with Crippen molar-refractivity contribution < 1.29 is 4.74 Å². The maximum absolute atomic E-state index is 6.44. The van der Waals surface area contributed by atoms with Crippen molar-refractivity contribution in [2.75, 3.05) is 19.7 Å². The van der Waals surface area contributed by atoms with Gasteiger partial charge in [0.15, 0.2) is 0 Å². The van der Waals surface area contributed by atoms with Crippen LogP contribution >= 0.6 is 23.2 Å². The summed E-state index contributed by atoms with van der Waals surface area (Å²) in [5.41, 5.74) is 9.57. The number of halogens is 2. The highest BCUT2D eigenvalue weighted by Crippen LogP contribution is 2.28. The number of hydrogen-bond donors (Lipinski definition) is 2. The Morgan fingerprint density at radius 2 is 1.44 bits per heavy atom. The summed E-state index contributed by atoms with van der Waals surface area (Å²) in [6.45, 7) is 7.14. The Bertz CT molecular complexity index is 2120. The van der Waals surface area contributed by atoms with Gasteiger partial charge < -0.3 is 24.5 Å². The van der Waals surface area contributed by atoms with Gasteiger partial charge >= 0.3 is 0 Å². The molecule has 52 heavy (non-hydrogen) atoms. The summed E-state index contributed by atoms with van der Waals surface area (Å²) in [6, 6.07) is 30.3. The zero-order valence-corrected chi connectivity index (χ0v) is 31.5. The van der Waals surface area contributed by atoms with Crippen molar-refractivity contribution in [3.05, 3.63) is 129 Å². The third-order valence-corrected chi connectivity index (χ3v) is 11.6. The molecule has 2 saturated heterocycles. The number of aromatic nitrogens is 4. The zero-order chi connectivity index (χ0) is 35.4. The highest BCUT2D eigenvalue weighted by atomic mass is 35.5. The normalized spacial score (nSPS) is 19.2. The van der Waals surface area contributed by atoms with Gasteiger partial charge in [0.25, 0.3) is 0 Å². The van der Waals surface area contributed by atoms with Crippen molar-refractivity contribution in [1.29, 1.82) is 0 Å². The lowest BCUT2D eigenvalue weighted by atomic mass is 9.88. The third kappa shape index (κ3) is 8.24. The Morgan fingerprint density at radius 1 is 0.750 bits per heavy atom. The van der Waals surface area contributed by atoms with Crippen molar-refractivity contribution >= 4 is 45.3 Å². The first-order valence-corrected chi connectivity index (χ1v) is 19.7. The molecule has 8 rings (SSSR count). The number of rotatable bonds is 13. The molecule has 270 valence electrons. The number of para-hydroxylation sites is 2. The topological polar surface area (TPSA) is 68.9 Å². The van der Waals surface area contributed by atoms with Crippen LogP contribution in [0.25, 0.3) is 22.1 Å². The van der Waals surface area contributed by atoms with Crippen LogP contribution in [0.2, 0.25) is 10.0 Å². The van der Waals surface area contributed by atoms with Crippen LogP contribution < -0.4 is 10.6 Å². The van der Waals surface area contributed by atoms with Crippen molar-refractivity contribution in [1.82, 2.24) is 29.7 Å². The highest BCUT2D eigenvalue weighted by molar-refractivity contribution is 6.30. The minimum Gasteiger partial charge on any atom is -0.373 e. The number of imidazole rings is 2. The maximum atomic E-state index is 6.44. The third-order valence-electron chi connectivity index (χ3n) is 11.1. The van der Waals surface area contributed by atoms with Gasteiger partial charge in [-0.15, -0.1) is 0 Å². The van der Waals surface area contributed by atoms with Gasteiger partial charge in [-0.2, -0.15) is 0 Å². The molecule has 7 nitrogen and oxygen atoms in total. The Hall–Kier alpha value is -3.72. The van der Waals surface area contributed by atoms with E-state index in [-0.39, 0.29) is 0 Å². The molecular weight excluding hydrogens is 687 g/mol. The summed E-state index contributed by atoms with van der Waals surface area (Å²) in [4.78, 5) is 10.2. The van der Waals surface area contributed by atoms with Gasteiger partial charge in [0.2, 0.25) is 0 Å². The lowest BCUT2D eigenvalue weighted by Gasteiger charge is -2.30. The zero-order valence-electron chi connectivity index (χ0n) is 30.0. The van der Waals surface area contributed by atoms with Gasteiger partial charge in [0.1, 0.15) is 18.3 Å². The van der Waals surface area contributed by atoms with Gasteiger partial charge in [0, 0.05) is 41.6 Å². The molecular formula is C43H48Cl2N6O. The fourth-order valence-electron chi connectivity index (χ4n) is 8.20. The van der Waals surface area contributed by atoms with E-state index in [4.69, 9.17) is 37.9 Å². The second kappa shape index (κ2) is 16.1. The molecule has 0 spiro atoms. The number of aryl methyl sites for hydroxylation is 2. The average Bonchev–Trinajstić information content (AvgIpc) is 3.88. The van der Waals surface area contributed by atoms with Crippen LogP contribution in [0.3, 0.4) is 0 Å². The number of hydrogen-bond acceptors (Lipinski definition) is 5. The minimum absolute atomic E-state index is 0.400. The molecule has 0 aliphatic carbocycles. The molecule has 2 aliphatic heterocycles. The Morgan fingerprint density at radius 3 is 2.17 bits per heavy atom. The molecule has 2 N–H and O–H groups in total. The fraction of sp³-hybridized carbons (Fsp3) is 0.395. The van der Waals surface area contributed by atoms with E-state index in [1.807, 2.05) is 30.3 Å². The van der Waals surface area contributed by atoms with Crippen LogP contribution in [0.15, 0.2) is 84.9 Å². The summed E-state index contributed by atoms with van der Waals surface area (Å²) >= 11 is 12.4. The van der Waals surface area contributed by atoms with Crippen molar-refractivity contribution in [3.63, 3.8) is 0 Å². The van der Waals surface area contributed by atoms with E-state index in [0.717, 1.165) is 97.3 Å². The second-order valence-electron chi connectivity index (χ2n) is 14.8. The van der Waals surface area contributed by atoms with E-state index in [9.17, 15) is 0 Å². The summed E-state index contributed by atoms with van der Waals surface area (Å²) in [7, 11) is 0. The molecule has 4 aromatic carbocycles. The second-order valence-corrected chi connectivity index (χ2v) is 15.7. The first-order chi connectivity index (χ1) is 25.4. The number of benzene rings is 4. The molecule has 3 atom stereocenters. The summed E-state index contributed by atoms with van der Waals surface area (Å²) < 4.78 is 11.1. The summed E-state index contributed by atoms with van der Waals surface area (Å²) in [5.74, 6) is 2.63. The molecule has 2 fully saturated rings. The molecule has 4 heterocycles. The fourth-order valence-corrected chi connectivity index (χ4v) is 8.46. The molecule has 2 aliphatic rings. The molecule has 0 saturated carbocycles. The monoisotopic (exact) mass is 734 g/mol. The van der Waals surface area contributed by atoms with Crippen LogP contribution in [-0.2, 0) is 37.3 Å². The quantitative estimate of drug-likeness (QED) is 0.124. The van der Waals surface area contributed by atoms with E-state index in [0.29, 0.717) is 24.6 Å². The van der Waals surface area contributed by atoms with Crippen molar-refractivity contribution in [2.45, 2.75) is 83.6 Å². The summed E-state index contributed by atoms with van der Waals surface area (Å²) in [6.07, 6.45) is 7.80. The Labute approximate surface area is 316 Å². The molecule has 9 heteroatoms. The largest absolute Gasteiger partial charge is 0.373 e. The average molecular weight is 736 g/mol. The van der Waals surface area contributed by atoms with E-state index in [2.05, 4.69) is 81.3 Å². The molecule has 0 bridgehead atoms. The van der Waals surface area contributed by atoms with E-state index in [1.165, 1.54) is 46.4 Å². The highest BCUT2D eigenvalue weighted by Gasteiger charge is 2.24. The van der Waals surface area contributed by atoms with Crippen LogP contribution in [0.1, 0.15) is 66.0 Å². The van der Waals surface area contributed by atoms with E-state index in [1.54, 1.807) is 0 Å². The van der Waals surface area contributed by atoms with Gasteiger partial charge in [-0.25, -0.2) is 9.97 Å². The first-order valence-electron chi connectivity index (χ1n) is 18.9. The van der Waals surface area contributed by atoms with Gasteiger partial charge in [-0.05, 0) is 135 Å². The molecule has 2 aromatic heterocycles. The maximum Gasteiger partial charge on any atom is 0.136 e. The molecule has 0 radical (unpaired) electrons. The number of piperidine rings is 1. The molecule has 6 aromatic rings.